The van der Waals surface area contributed by atoms with E-state index in [9.17, 15) is 0 Å². The molecule has 0 saturated carbocycles. The van der Waals surface area contributed by atoms with E-state index in [1.165, 1.54) is 11.8 Å². The van der Waals surface area contributed by atoms with Gasteiger partial charge in [0.2, 0.25) is 0 Å². The van der Waals surface area contributed by atoms with Gasteiger partial charge in [0.15, 0.2) is 0 Å². The number of nitrogen functional groups attached to an aromatic ring is 1. The van der Waals surface area contributed by atoms with Gasteiger partial charge in [-0.15, -0.1) is 0 Å². The Hall–Kier alpha value is -2.45. The average molecular weight is 266 g/mol. The highest BCUT2D eigenvalue weighted by Crippen LogP contribution is 2.30. The number of hydrogen-bond donors (Lipinski definition) is 2. The maximum atomic E-state index is 9.09. The van der Waals surface area contributed by atoms with E-state index in [4.69, 9.17) is 11.0 Å². The molecule has 0 aliphatic carbocycles. The third kappa shape index (κ3) is 2.26. The molecule has 0 aliphatic heterocycles. The summed E-state index contributed by atoms with van der Waals surface area (Å²) in [6.45, 7) is 0. The molecule has 3 N–H and O–H groups in total. The fourth-order valence-corrected chi connectivity index (χ4v) is 2.71. The predicted octanol–water partition coefficient (Wildman–Crippen LogP) is 3.17. The Morgan fingerprint density at radius 1 is 1.26 bits per heavy atom. The van der Waals surface area contributed by atoms with Crippen molar-refractivity contribution in [1.29, 1.82) is 5.26 Å². The zero-order valence-electron chi connectivity index (χ0n) is 9.92. The number of nitriles is 1. The van der Waals surface area contributed by atoms with E-state index in [0.29, 0.717) is 16.3 Å². The van der Waals surface area contributed by atoms with E-state index in [0.717, 1.165) is 15.9 Å². The number of fused-ring (bicyclic) bond motifs is 1. The second kappa shape index (κ2) is 4.67. The molecule has 3 rings (SSSR count). The molecule has 0 saturated heterocycles. The molecule has 0 bridgehead atoms. The summed E-state index contributed by atoms with van der Waals surface area (Å²) >= 11 is 1.43. The Labute approximate surface area is 114 Å². The summed E-state index contributed by atoms with van der Waals surface area (Å²) in [5, 5.41) is 11.8. The van der Waals surface area contributed by atoms with Gasteiger partial charge in [0.1, 0.15) is 11.1 Å². The van der Waals surface area contributed by atoms with Crippen LogP contribution in [0.25, 0.3) is 10.9 Å². The zero-order chi connectivity index (χ0) is 13.2. The highest BCUT2D eigenvalue weighted by molar-refractivity contribution is 7.99. The normalized spacial score (nSPS) is 10.5. The van der Waals surface area contributed by atoms with Crippen LogP contribution in [0.15, 0.2) is 52.6 Å². The SMILES string of the molecule is N#Cc1cc(N)cnc1Sc1cc2ccccc2[nH]1. The van der Waals surface area contributed by atoms with Gasteiger partial charge in [0.05, 0.1) is 22.5 Å². The Morgan fingerprint density at radius 2 is 2.11 bits per heavy atom. The summed E-state index contributed by atoms with van der Waals surface area (Å²) < 4.78 is 0. The lowest BCUT2D eigenvalue weighted by Gasteiger charge is -2.01. The molecule has 0 spiro atoms. The standard InChI is InChI=1S/C14H10N4S/c15-7-10-5-11(16)8-17-14(10)19-13-6-9-3-1-2-4-12(9)18-13/h1-6,8,18H,16H2. The number of H-pyrrole nitrogens is 1. The van der Waals surface area contributed by atoms with Crippen molar-refractivity contribution in [2.45, 2.75) is 10.1 Å². The average Bonchev–Trinajstić information content (AvgIpc) is 2.83. The number of aromatic nitrogens is 2. The van der Waals surface area contributed by atoms with Gasteiger partial charge in [-0.25, -0.2) is 4.98 Å². The van der Waals surface area contributed by atoms with E-state index in [1.807, 2.05) is 30.3 Å². The van der Waals surface area contributed by atoms with Gasteiger partial charge < -0.3 is 10.7 Å². The lowest BCUT2D eigenvalue weighted by Crippen LogP contribution is -1.91. The number of aromatic amines is 1. The first kappa shape index (κ1) is 11.6. The van der Waals surface area contributed by atoms with Gasteiger partial charge in [-0.05, 0) is 18.2 Å². The van der Waals surface area contributed by atoms with Gasteiger partial charge in [0, 0.05) is 10.9 Å². The van der Waals surface area contributed by atoms with E-state index in [1.54, 1.807) is 12.3 Å². The van der Waals surface area contributed by atoms with Crippen molar-refractivity contribution in [3.05, 3.63) is 48.2 Å². The number of nitrogens with two attached hydrogens (primary N) is 1. The largest absolute Gasteiger partial charge is 0.397 e. The topological polar surface area (TPSA) is 78.5 Å². The number of anilines is 1. The zero-order valence-corrected chi connectivity index (χ0v) is 10.7. The molecule has 3 aromatic rings. The number of pyridine rings is 1. The van der Waals surface area contributed by atoms with Gasteiger partial charge in [-0.1, -0.05) is 30.0 Å². The Balaban J connectivity index is 1.99. The van der Waals surface area contributed by atoms with Crippen LogP contribution in [0.3, 0.4) is 0 Å². The maximum absolute atomic E-state index is 9.09. The lowest BCUT2D eigenvalue weighted by molar-refractivity contribution is 1.10. The predicted molar refractivity (Wildman–Crippen MR) is 75.8 cm³/mol. The van der Waals surface area contributed by atoms with Gasteiger partial charge in [0.25, 0.3) is 0 Å². The fourth-order valence-electron chi connectivity index (χ4n) is 1.84. The highest BCUT2D eigenvalue weighted by atomic mass is 32.2. The van der Waals surface area contributed by atoms with Crippen molar-refractivity contribution in [3.8, 4) is 6.07 Å². The number of nitrogens with zero attached hydrogens (tertiary/aromatic N) is 2. The summed E-state index contributed by atoms with van der Waals surface area (Å²) in [5.41, 5.74) is 7.68. The first-order valence-corrected chi connectivity index (χ1v) is 6.49. The van der Waals surface area contributed by atoms with E-state index in [2.05, 4.69) is 16.0 Å². The maximum Gasteiger partial charge on any atom is 0.120 e. The minimum absolute atomic E-state index is 0.489. The second-order valence-electron chi connectivity index (χ2n) is 4.06. The van der Waals surface area contributed by atoms with Crippen molar-refractivity contribution in [2.75, 3.05) is 5.73 Å². The number of hydrogen-bond acceptors (Lipinski definition) is 4. The quantitative estimate of drug-likeness (QED) is 0.746. The summed E-state index contributed by atoms with van der Waals surface area (Å²) in [6, 6.07) is 13.8. The Bertz CT molecular complexity index is 752. The van der Waals surface area contributed by atoms with Crippen LogP contribution in [0.2, 0.25) is 0 Å². The van der Waals surface area contributed by atoms with Crippen LogP contribution >= 0.6 is 11.8 Å². The first-order valence-electron chi connectivity index (χ1n) is 5.67. The molecule has 1 aromatic carbocycles. The van der Waals surface area contributed by atoms with Crippen LogP contribution < -0.4 is 5.73 Å². The Morgan fingerprint density at radius 3 is 2.89 bits per heavy atom. The summed E-state index contributed by atoms with van der Waals surface area (Å²) in [6.07, 6.45) is 1.56. The van der Waals surface area contributed by atoms with Crippen molar-refractivity contribution in [1.82, 2.24) is 9.97 Å². The molecule has 5 heteroatoms. The van der Waals surface area contributed by atoms with E-state index < -0.39 is 0 Å². The smallest absolute Gasteiger partial charge is 0.120 e. The molecular weight excluding hydrogens is 256 g/mol. The molecule has 2 aromatic heterocycles. The molecule has 0 amide bonds. The molecule has 92 valence electrons. The van der Waals surface area contributed by atoms with Gasteiger partial charge >= 0.3 is 0 Å². The summed E-state index contributed by atoms with van der Waals surface area (Å²) in [7, 11) is 0. The van der Waals surface area contributed by atoms with Crippen LogP contribution in [0, 0.1) is 11.3 Å². The van der Waals surface area contributed by atoms with Crippen LogP contribution in [-0.2, 0) is 0 Å². The van der Waals surface area contributed by atoms with Crippen LogP contribution in [0.1, 0.15) is 5.56 Å². The highest BCUT2D eigenvalue weighted by Gasteiger charge is 2.08. The van der Waals surface area contributed by atoms with Crippen LogP contribution in [-0.4, -0.2) is 9.97 Å². The van der Waals surface area contributed by atoms with E-state index >= 15 is 0 Å². The molecule has 0 unspecified atom stereocenters. The third-order valence-electron chi connectivity index (χ3n) is 2.70. The molecule has 19 heavy (non-hydrogen) atoms. The van der Waals surface area contributed by atoms with Crippen LogP contribution in [0.5, 0.6) is 0 Å². The number of benzene rings is 1. The van der Waals surface area contributed by atoms with Crippen molar-refractivity contribution in [3.63, 3.8) is 0 Å². The monoisotopic (exact) mass is 266 g/mol. The molecule has 0 aliphatic rings. The van der Waals surface area contributed by atoms with Gasteiger partial charge in [-0.3, -0.25) is 0 Å². The molecule has 0 atom stereocenters. The third-order valence-corrected chi connectivity index (χ3v) is 3.66. The Kier molecular flexibility index (Phi) is 2.86. The van der Waals surface area contributed by atoms with Crippen molar-refractivity contribution in [2.24, 2.45) is 0 Å². The molecule has 0 radical (unpaired) electrons. The van der Waals surface area contributed by atoms with Crippen molar-refractivity contribution < 1.29 is 0 Å². The minimum Gasteiger partial charge on any atom is -0.397 e. The van der Waals surface area contributed by atoms with E-state index in [-0.39, 0.29) is 0 Å². The van der Waals surface area contributed by atoms with Crippen LogP contribution in [0.4, 0.5) is 5.69 Å². The summed E-state index contributed by atoms with van der Waals surface area (Å²) in [4.78, 5) is 7.50. The summed E-state index contributed by atoms with van der Waals surface area (Å²) in [5.74, 6) is 0. The molecule has 2 heterocycles. The van der Waals surface area contributed by atoms with Gasteiger partial charge in [-0.2, -0.15) is 5.26 Å². The van der Waals surface area contributed by atoms with Crippen molar-refractivity contribution >= 4 is 28.4 Å². The first-order chi connectivity index (χ1) is 9.26. The molecular formula is C14H10N4S. The minimum atomic E-state index is 0.489. The number of para-hydroxylation sites is 1. The molecule has 4 nitrogen and oxygen atoms in total. The number of rotatable bonds is 2. The lowest BCUT2D eigenvalue weighted by atomic mass is 10.3. The fraction of sp³-hybridized carbons (Fsp3) is 0. The number of nitrogens with one attached hydrogen (secondary N) is 1. The molecule has 0 fully saturated rings. The second-order valence-corrected chi connectivity index (χ2v) is 5.09.